The molecule has 0 spiro atoms. The molecule has 0 aromatic carbocycles. The van der Waals surface area contributed by atoms with Gasteiger partial charge in [-0.25, -0.2) is 0 Å². The maximum absolute atomic E-state index is 9.82. The second kappa shape index (κ2) is 5.13. The molecule has 1 saturated heterocycles. The minimum Gasteiger partial charge on any atom is -0.392 e. The molecule has 2 heteroatoms. The van der Waals surface area contributed by atoms with E-state index in [2.05, 4.69) is 13.8 Å². The number of hydrogen-bond acceptors (Lipinski definition) is 2. The molecule has 0 saturated carbocycles. The van der Waals surface area contributed by atoms with Crippen molar-refractivity contribution >= 4 is 11.8 Å². The zero-order chi connectivity index (χ0) is 8.97. The molecule has 0 amide bonds. The molecule has 1 aliphatic heterocycles. The molecule has 1 aliphatic rings. The molecule has 1 nitrogen and oxygen atoms in total. The first-order chi connectivity index (χ1) is 5.70. The highest BCUT2D eigenvalue weighted by atomic mass is 32.2. The highest BCUT2D eigenvalue weighted by Gasteiger charge is 2.22. The molecule has 2 unspecified atom stereocenters. The fraction of sp³-hybridized carbons (Fsp3) is 1.00. The first kappa shape index (κ1) is 10.4. The smallest absolute Gasteiger partial charge is 0.0661 e. The lowest BCUT2D eigenvalue weighted by molar-refractivity contribution is 0.141. The third kappa shape index (κ3) is 3.36. The van der Waals surface area contributed by atoms with Crippen LogP contribution in [0.25, 0.3) is 0 Å². The van der Waals surface area contributed by atoms with E-state index in [9.17, 15) is 5.11 Å². The van der Waals surface area contributed by atoms with Gasteiger partial charge in [0, 0.05) is 5.25 Å². The second-order valence-electron chi connectivity index (χ2n) is 4.10. The third-order valence-corrected chi connectivity index (χ3v) is 3.86. The Morgan fingerprint density at radius 1 is 1.42 bits per heavy atom. The van der Waals surface area contributed by atoms with Crippen molar-refractivity contribution in [2.45, 2.75) is 50.9 Å². The Balaban J connectivity index is 2.24. The average Bonchev–Trinajstić information content (AvgIpc) is 2.05. The van der Waals surface area contributed by atoms with Crippen LogP contribution in [-0.2, 0) is 0 Å². The Bertz CT molecular complexity index is 119. The molecule has 0 radical (unpaired) electrons. The molecule has 1 heterocycles. The van der Waals surface area contributed by atoms with E-state index in [1.165, 1.54) is 25.0 Å². The lowest BCUT2D eigenvalue weighted by Crippen LogP contribution is -2.27. The van der Waals surface area contributed by atoms with Crippen LogP contribution in [0, 0.1) is 5.92 Å². The van der Waals surface area contributed by atoms with Gasteiger partial charge in [0.05, 0.1) is 6.10 Å². The van der Waals surface area contributed by atoms with E-state index in [-0.39, 0.29) is 6.10 Å². The van der Waals surface area contributed by atoms with E-state index >= 15 is 0 Å². The summed E-state index contributed by atoms with van der Waals surface area (Å²) in [5, 5.41) is 10.4. The van der Waals surface area contributed by atoms with Gasteiger partial charge in [-0.2, -0.15) is 11.8 Å². The van der Waals surface area contributed by atoms with Crippen LogP contribution in [0.15, 0.2) is 0 Å². The van der Waals surface area contributed by atoms with Crippen LogP contribution in [0.3, 0.4) is 0 Å². The highest BCUT2D eigenvalue weighted by Crippen LogP contribution is 2.29. The highest BCUT2D eigenvalue weighted by molar-refractivity contribution is 8.00. The summed E-state index contributed by atoms with van der Waals surface area (Å²) in [4.78, 5) is 0. The molecular formula is C10H20OS. The molecule has 0 aromatic heterocycles. The molecule has 12 heavy (non-hydrogen) atoms. The maximum atomic E-state index is 9.82. The van der Waals surface area contributed by atoms with E-state index < -0.39 is 0 Å². The first-order valence-electron chi connectivity index (χ1n) is 5.00. The van der Waals surface area contributed by atoms with E-state index in [1.807, 2.05) is 11.8 Å². The van der Waals surface area contributed by atoms with Crippen LogP contribution in [0.5, 0.6) is 0 Å². The minimum absolute atomic E-state index is 0.0599. The molecular weight excluding hydrogens is 168 g/mol. The van der Waals surface area contributed by atoms with Crippen LogP contribution in [0.4, 0.5) is 0 Å². The summed E-state index contributed by atoms with van der Waals surface area (Å²) < 4.78 is 0. The summed E-state index contributed by atoms with van der Waals surface area (Å²) in [5.41, 5.74) is 0. The lowest BCUT2D eigenvalue weighted by Gasteiger charge is -2.27. The first-order valence-corrected chi connectivity index (χ1v) is 6.04. The van der Waals surface area contributed by atoms with Gasteiger partial charge in [-0.1, -0.05) is 20.3 Å². The maximum Gasteiger partial charge on any atom is 0.0661 e. The van der Waals surface area contributed by atoms with Crippen molar-refractivity contribution in [1.29, 1.82) is 0 Å². The van der Waals surface area contributed by atoms with E-state index in [4.69, 9.17) is 0 Å². The zero-order valence-corrected chi connectivity index (χ0v) is 8.94. The van der Waals surface area contributed by atoms with Crippen molar-refractivity contribution < 1.29 is 5.11 Å². The summed E-state index contributed by atoms with van der Waals surface area (Å²) >= 11 is 1.96. The standard InChI is InChI=1S/C10H20OS/c1-8(2)7-9(11)10-5-3-4-6-12-10/h8-11H,3-7H2,1-2H3. The Morgan fingerprint density at radius 3 is 2.67 bits per heavy atom. The molecule has 1 N–H and O–H groups in total. The van der Waals surface area contributed by atoms with Crippen LogP contribution >= 0.6 is 11.8 Å². The number of hydrogen-bond donors (Lipinski definition) is 1. The molecule has 0 aliphatic carbocycles. The predicted molar refractivity (Wildman–Crippen MR) is 55.6 cm³/mol. The van der Waals surface area contributed by atoms with Gasteiger partial charge in [-0.15, -0.1) is 0 Å². The Morgan fingerprint density at radius 2 is 2.17 bits per heavy atom. The normalized spacial score (nSPS) is 27.5. The number of aliphatic hydroxyl groups is 1. The zero-order valence-electron chi connectivity index (χ0n) is 8.12. The van der Waals surface area contributed by atoms with Gasteiger partial charge < -0.3 is 5.11 Å². The number of rotatable bonds is 3. The fourth-order valence-corrected chi connectivity index (χ4v) is 3.04. The number of thioether (sulfide) groups is 1. The van der Waals surface area contributed by atoms with Crippen molar-refractivity contribution in [1.82, 2.24) is 0 Å². The quantitative estimate of drug-likeness (QED) is 0.735. The average molecular weight is 188 g/mol. The van der Waals surface area contributed by atoms with Crippen molar-refractivity contribution in [3.05, 3.63) is 0 Å². The van der Waals surface area contributed by atoms with Crippen molar-refractivity contribution in [2.24, 2.45) is 5.92 Å². The van der Waals surface area contributed by atoms with Crippen LogP contribution in [0.2, 0.25) is 0 Å². The molecule has 0 aromatic rings. The predicted octanol–water partition coefficient (Wildman–Crippen LogP) is 2.68. The summed E-state index contributed by atoms with van der Waals surface area (Å²) in [6, 6.07) is 0. The summed E-state index contributed by atoms with van der Waals surface area (Å²) in [6.45, 7) is 4.35. The second-order valence-corrected chi connectivity index (χ2v) is 5.45. The van der Waals surface area contributed by atoms with Gasteiger partial charge in [0.2, 0.25) is 0 Å². The van der Waals surface area contributed by atoms with Gasteiger partial charge in [0.25, 0.3) is 0 Å². The van der Waals surface area contributed by atoms with Gasteiger partial charge in [0.15, 0.2) is 0 Å². The topological polar surface area (TPSA) is 20.2 Å². The van der Waals surface area contributed by atoms with Crippen molar-refractivity contribution in [3.8, 4) is 0 Å². The van der Waals surface area contributed by atoms with Gasteiger partial charge >= 0.3 is 0 Å². The van der Waals surface area contributed by atoms with Crippen LogP contribution in [-0.4, -0.2) is 22.2 Å². The molecule has 1 fully saturated rings. The van der Waals surface area contributed by atoms with E-state index in [1.54, 1.807) is 0 Å². The Kier molecular flexibility index (Phi) is 4.44. The molecule has 0 bridgehead atoms. The molecule has 1 rings (SSSR count). The monoisotopic (exact) mass is 188 g/mol. The fourth-order valence-electron chi connectivity index (χ4n) is 1.70. The van der Waals surface area contributed by atoms with Gasteiger partial charge in [-0.05, 0) is 30.9 Å². The third-order valence-electron chi connectivity index (χ3n) is 2.36. The summed E-state index contributed by atoms with van der Waals surface area (Å²) in [5.74, 6) is 1.88. The molecule has 2 atom stereocenters. The number of aliphatic hydroxyl groups excluding tert-OH is 1. The molecule has 72 valence electrons. The van der Waals surface area contributed by atoms with Crippen LogP contribution < -0.4 is 0 Å². The van der Waals surface area contributed by atoms with E-state index in [0.717, 1.165) is 6.42 Å². The van der Waals surface area contributed by atoms with Gasteiger partial charge in [-0.3, -0.25) is 0 Å². The minimum atomic E-state index is -0.0599. The van der Waals surface area contributed by atoms with Crippen LogP contribution in [0.1, 0.15) is 39.5 Å². The SMILES string of the molecule is CC(C)CC(O)C1CCCCS1. The van der Waals surface area contributed by atoms with Crippen molar-refractivity contribution in [2.75, 3.05) is 5.75 Å². The van der Waals surface area contributed by atoms with E-state index in [0.29, 0.717) is 11.2 Å². The Hall–Kier alpha value is 0.310. The largest absolute Gasteiger partial charge is 0.392 e. The Labute approximate surface area is 79.9 Å². The van der Waals surface area contributed by atoms with Crippen molar-refractivity contribution in [3.63, 3.8) is 0 Å². The summed E-state index contributed by atoms with van der Waals surface area (Å²) in [6.07, 6.45) is 4.79. The van der Waals surface area contributed by atoms with Gasteiger partial charge in [0.1, 0.15) is 0 Å². The summed E-state index contributed by atoms with van der Waals surface area (Å²) in [7, 11) is 0. The lowest BCUT2D eigenvalue weighted by atomic mass is 10.0.